The van der Waals surface area contributed by atoms with Gasteiger partial charge in [-0.25, -0.2) is 4.98 Å². The third-order valence-electron chi connectivity index (χ3n) is 1.85. The van der Waals surface area contributed by atoms with Crippen molar-refractivity contribution in [3.05, 3.63) is 5.82 Å². The average molecular weight is 246 g/mol. The van der Waals surface area contributed by atoms with Gasteiger partial charge in [-0.2, -0.15) is 4.37 Å². The Balaban J connectivity index is 2.54. The first-order chi connectivity index (χ1) is 7.13. The van der Waals surface area contributed by atoms with Crippen LogP contribution >= 0.6 is 23.3 Å². The molecule has 0 bridgehead atoms. The van der Waals surface area contributed by atoms with E-state index in [2.05, 4.69) is 16.3 Å². The minimum atomic E-state index is -0.763. The number of nitrogens with zero attached hydrogens (tertiary/aromatic N) is 2. The Kier molecular flexibility index (Phi) is 5.04. The van der Waals surface area contributed by atoms with Crippen LogP contribution in [-0.4, -0.2) is 25.7 Å². The minimum Gasteiger partial charge on any atom is -0.480 e. The van der Waals surface area contributed by atoms with Crippen molar-refractivity contribution in [2.75, 3.05) is 0 Å². The van der Waals surface area contributed by atoms with Gasteiger partial charge in [0.2, 0.25) is 0 Å². The van der Waals surface area contributed by atoms with Crippen LogP contribution in [-0.2, 0) is 4.79 Å². The molecule has 1 aromatic heterocycles. The Morgan fingerprint density at radius 1 is 1.67 bits per heavy atom. The molecule has 0 aliphatic heterocycles. The number of hydrogen-bond acceptors (Lipinski definition) is 5. The molecule has 0 fully saturated rings. The first-order valence-electron chi connectivity index (χ1n) is 4.83. The van der Waals surface area contributed by atoms with Crippen LogP contribution in [0.4, 0.5) is 0 Å². The van der Waals surface area contributed by atoms with Gasteiger partial charge in [-0.3, -0.25) is 4.79 Å². The fourth-order valence-electron chi connectivity index (χ4n) is 1.07. The zero-order valence-corrected chi connectivity index (χ0v) is 10.4. The van der Waals surface area contributed by atoms with E-state index in [4.69, 9.17) is 5.11 Å². The lowest BCUT2D eigenvalue weighted by atomic mass is 10.2. The molecule has 4 nitrogen and oxygen atoms in total. The third kappa shape index (κ3) is 4.17. The smallest absolute Gasteiger partial charge is 0.317 e. The van der Waals surface area contributed by atoms with Gasteiger partial charge in [-0.1, -0.05) is 31.5 Å². The monoisotopic (exact) mass is 246 g/mol. The number of carboxylic acids is 1. The zero-order chi connectivity index (χ0) is 11.3. The molecular formula is C9H14N2O2S2. The molecule has 1 unspecified atom stereocenters. The lowest BCUT2D eigenvalue weighted by Crippen LogP contribution is -2.15. The molecule has 1 atom stereocenters. The molecule has 0 aromatic carbocycles. The molecule has 0 saturated carbocycles. The number of thioether (sulfide) groups is 1. The largest absolute Gasteiger partial charge is 0.480 e. The molecule has 84 valence electrons. The number of aromatic nitrogens is 2. The van der Waals surface area contributed by atoms with Crippen LogP contribution in [0.5, 0.6) is 0 Å². The van der Waals surface area contributed by atoms with Crippen molar-refractivity contribution in [3.63, 3.8) is 0 Å². The van der Waals surface area contributed by atoms with E-state index in [0.29, 0.717) is 12.2 Å². The Morgan fingerprint density at radius 2 is 2.40 bits per heavy atom. The maximum Gasteiger partial charge on any atom is 0.317 e. The van der Waals surface area contributed by atoms with Crippen molar-refractivity contribution >= 4 is 29.3 Å². The van der Waals surface area contributed by atoms with E-state index < -0.39 is 11.2 Å². The van der Waals surface area contributed by atoms with Gasteiger partial charge >= 0.3 is 5.97 Å². The van der Waals surface area contributed by atoms with Crippen LogP contribution in [0.2, 0.25) is 0 Å². The Morgan fingerprint density at radius 3 is 2.87 bits per heavy atom. The number of hydrogen-bond donors (Lipinski definition) is 1. The Hall–Kier alpha value is -0.620. The molecule has 0 saturated heterocycles. The highest BCUT2D eigenvalue weighted by Crippen LogP contribution is 2.28. The van der Waals surface area contributed by atoms with Crippen LogP contribution in [0.1, 0.15) is 32.0 Å². The molecule has 0 radical (unpaired) electrons. The lowest BCUT2D eigenvalue weighted by Gasteiger charge is -2.08. The summed E-state index contributed by atoms with van der Waals surface area (Å²) in [7, 11) is 0. The molecular weight excluding hydrogens is 232 g/mol. The summed E-state index contributed by atoms with van der Waals surface area (Å²) in [6.07, 6.45) is 2.64. The molecule has 0 spiro atoms. The van der Waals surface area contributed by atoms with Crippen LogP contribution in [0, 0.1) is 6.92 Å². The van der Waals surface area contributed by atoms with Gasteiger partial charge in [0, 0.05) is 0 Å². The first kappa shape index (κ1) is 12.4. The summed E-state index contributed by atoms with van der Waals surface area (Å²) in [6, 6.07) is 0. The number of aliphatic carboxylic acids is 1. The maximum absolute atomic E-state index is 11.0. The van der Waals surface area contributed by atoms with E-state index in [1.165, 1.54) is 23.3 Å². The van der Waals surface area contributed by atoms with Crippen molar-refractivity contribution < 1.29 is 9.90 Å². The molecule has 1 aromatic rings. The van der Waals surface area contributed by atoms with Crippen molar-refractivity contribution in [3.8, 4) is 0 Å². The number of rotatable bonds is 6. The standard InChI is InChI=1S/C9H14N2O2S2/c1-3-4-5-7(8(12)13)14-9-10-6(2)11-15-9/h7H,3-5H2,1-2H3,(H,12,13). The number of carbonyl (C=O) groups is 1. The highest BCUT2D eigenvalue weighted by atomic mass is 32.2. The summed E-state index contributed by atoms with van der Waals surface area (Å²) in [4.78, 5) is 15.1. The lowest BCUT2D eigenvalue weighted by molar-refractivity contribution is -0.136. The fourth-order valence-corrected chi connectivity index (χ4v) is 2.94. The Bertz CT molecular complexity index is 328. The third-order valence-corrected chi connectivity index (χ3v) is 3.98. The second-order valence-electron chi connectivity index (χ2n) is 3.19. The zero-order valence-electron chi connectivity index (χ0n) is 8.77. The van der Waals surface area contributed by atoms with Gasteiger partial charge in [0.15, 0.2) is 4.34 Å². The summed E-state index contributed by atoms with van der Waals surface area (Å²) in [6.45, 7) is 3.86. The quantitative estimate of drug-likeness (QED) is 0.782. The number of aryl methyl sites for hydroxylation is 1. The van der Waals surface area contributed by atoms with Crippen LogP contribution < -0.4 is 0 Å². The number of carboxylic acid groups (broad SMARTS) is 1. The molecule has 0 aliphatic rings. The topological polar surface area (TPSA) is 63.1 Å². The Labute approximate surface area is 97.3 Å². The number of unbranched alkanes of at least 4 members (excludes halogenated alkanes) is 1. The van der Waals surface area contributed by atoms with E-state index >= 15 is 0 Å². The molecule has 1 N–H and O–H groups in total. The van der Waals surface area contributed by atoms with Gasteiger partial charge in [0.1, 0.15) is 11.1 Å². The first-order valence-corrected chi connectivity index (χ1v) is 6.48. The van der Waals surface area contributed by atoms with Crippen molar-refractivity contribution in [1.82, 2.24) is 9.36 Å². The minimum absolute atomic E-state index is 0.391. The van der Waals surface area contributed by atoms with E-state index in [1.54, 1.807) is 0 Å². The van der Waals surface area contributed by atoms with Gasteiger partial charge in [0.05, 0.1) is 0 Å². The van der Waals surface area contributed by atoms with E-state index in [9.17, 15) is 4.79 Å². The summed E-state index contributed by atoms with van der Waals surface area (Å²) in [5.41, 5.74) is 0. The predicted octanol–water partition coefficient (Wildman–Crippen LogP) is 2.58. The van der Waals surface area contributed by atoms with Crippen molar-refractivity contribution in [1.29, 1.82) is 0 Å². The van der Waals surface area contributed by atoms with Crippen LogP contribution in [0.15, 0.2) is 4.34 Å². The summed E-state index contributed by atoms with van der Waals surface area (Å²) in [5.74, 6) is -0.0524. The van der Waals surface area contributed by atoms with Gasteiger partial charge in [-0.15, -0.1) is 0 Å². The van der Waals surface area contributed by atoms with Gasteiger partial charge < -0.3 is 5.11 Å². The predicted molar refractivity (Wildman–Crippen MR) is 61.5 cm³/mol. The molecule has 0 aliphatic carbocycles. The summed E-state index contributed by atoms with van der Waals surface area (Å²) < 4.78 is 4.77. The molecule has 6 heteroatoms. The van der Waals surface area contributed by atoms with Crippen molar-refractivity contribution in [2.45, 2.75) is 42.7 Å². The summed E-state index contributed by atoms with van der Waals surface area (Å²) in [5, 5.41) is 8.61. The van der Waals surface area contributed by atoms with Gasteiger partial charge in [0.25, 0.3) is 0 Å². The molecule has 1 rings (SSSR count). The molecule has 15 heavy (non-hydrogen) atoms. The van der Waals surface area contributed by atoms with Gasteiger partial charge in [-0.05, 0) is 24.9 Å². The SMILES string of the molecule is CCCCC(Sc1nc(C)ns1)C(=O)O. The second-order valence-corrected chi connectivity index (χ2v) is 5.40. The normalized spacial score (nSPS) is 12.7. The van der Waals surface area contributed by atoms with E-state index in [1.807, 2.05) is 6.92 Å². The fraction of sp³-hybridized carbons (Fsp3) is 0.667. The highest BCUT2D eigenvalue weighted by Gasteiger charge is 2.19. The molecule has 0 amide bonds. The average Bonchev–Trinajstić information content (AvgIpc) is 2.58. The molecule has 1 heterocycles. The van der Waals surface area contributed by atoms with Crippen LogP contribution in [0.3, 0.4) is 0 Å². The van der Waals surface area contributed by atoms with Crippen LogP contribution in [0.25, 0.3) is 0 Å². The second kappa shape index (κ2) is 6.07. The highest BCUT2D eigenvalue weighted by molar-refractivity contribution is 8.02. The van der Waals surface area contributed by atoms with E-state index in [0.717, 1.165) is 17.2 Å². The maximum atomic E-state index is 11.0. The van der Waals surface area contributed by atoms with E-state index in [-0.39, 0.29) is 0 Å². The summed E-state index contributed by atoms with van der Waals surface area (Å²) >= 11 is 2.57. The van der Waals surface area contributed by atoms with Crippen molar-refractivity contribution in [2.24, 2.45) is 0 Å².